The van der Waals surface area contributed by atoms with Crippen molar-refractivity contribution in [2.75, 3.05) is 5.32 Å². The summed E-state index contributed by atoms with van der Waals surface area (Å²) in [5.74, 6) is 1.28. The van der Waals surface area contributed by atoms with Crippen molar-refractivity contribution in [1.29, 1.82) is 0 Å². The van der Waals surface area contributed by atoms with E-state index in [0.717, 1.165) is 29.1 Å². The first-order valence-electron chi connectivity index (χ1n) is 11.1. The summed E-state index contributed by atoms with van der Waals surface area (Å²) in [7, 11) is 0. The maximum atomic E-state index is 12.8. The Balaban J connectivity index is 1.39. The molecule has 0 saturated heterocycles. The second-order valence-corrected chi connectivity index (χ2v) is 8.20. The number of aryl methyl sites for hydroxylation is 3. The summed E-state index contributed by atoms with van der Waals surface area (Å²) in [6.07, 6.45) is 0.987. The molecule has 1 N–H and O–H groups in total. The SMILES string of the molecule is CCc1ccc(OCc2ccc(C(=O)Nc3c(C)nn(Cc4ccc(C)cc4)c3C)o2)cc1. The molecule has 0 aliphatic heterocycles. The molecular formula is C27H29N3O3. The number of carbonyl (C=O) groups is 1. The van der Waals surface area contributed by atoms with Gasteiger partial charge in [0.25, 0.3) is 5.91 Å². The van der Waals surface area contributed by atoms with Crippen molar-refractivity contribution in [3.05, 3.63) is 100 Å². The third-order valence-corrected chi connectivity index (χ3v) is 5.67. The van der Waals surface area contributed by atoms with E-state index in [0.29, 0.717) is 18.0 Å². The van der Waals surface area contributed by atoms with E-state index in [1.54, 1.807) is 12.1 Å². The predicted octanol–water partition coefficient (Wildman–Crippen LogP) is 5.84. The highest BCUT2D eigenvalue weighted by Gasteiger charge is 2.18. The average Bonchev–Trinajstić information content (AvgIpc) is 3.40. The number of nitrogens with one attached hydrogen (secondary N) is 1. The molecule has 0 spiro atoms. The zero-order valence-electron chi connectivity index (χ0n) is 19.5. The van der Waals surface area contributed by atoms with Gasteiger partial charge in [-0.05, 0) is 62.6 Å². The lowest BCUT2D eigenvalue weighted by molar-refractivity contribution is 0.0992. The Kier molecular flexibility index (Phi) is 6.63. The molecule has 0 aliphatic rings. The number of hydrogen-bond acceptors (Lipinski definition) is 4. The van der Waals surface area contributed by atoms with Crippen LogP contribution in [-0.4, -0.2) is 15.7 Å². The smallest absolute Gasteiger partial charge is 0.291 e. The number of furan rings is 1. The van der Waals surface area contributed by atoms with Crippen molar-refractivity contribution in [3.63, 3.8) is 0 Å². The number of anilines is 1. The fourth-order valence-corrected chi connectivity index (χ4v) is 3.63. The second kappa shape index (κ2) is 9.77. The number of benzene rings is 2. The number of rotatable bonds is 8. The van der Waals surface area contributed by atoms with Gasteiger partial charge in [0.15, 0.2) is 5.76 Å². The van der Waals surface area contributed by atoms with Crippen molar-refractivity contribution >= 4 is 11.6 Å². The molecule has 6 nitrogen and oxygen atoms in total. The molecule has 6 heteroatoms. The molecule has 0 unspecified atom stereocenters. The van der Waals surface area contributed by atoms with Crippen LogP contribution in [-0.2, 0) is 19.6 Å². The predicted molar refractivity (Wildman–Crippen MR) is 129 cm³/mol. The molecule has 0 bridgehead atoms. The molecule has 0 saturated carbocycles. The molecule has 0 aliphatic carbocycles. The van der Waals surface area contributed by atoms with Gasteiger partial charge in [-0.15, -0.1) is 0 Å². The lowest BCUT2D eigenvalue weighted by atomic mass is 10.1. The summed E-state index contributed by atoms with van der Waals surface area (Å²) in [6.45, 7) is 8.92. The quantitative estimate of drug-likeness (QED) is 0.371. The van der Waals surface area contributed by atoms with E-state index in [1.807, 2.05) is 42.8 Å². The maximum Gasteiger partial charge on any atom is 0.291 e. The Morgan fingerprint density at radius 1 is 0.970 bits per heavy atom. The lowest BCUT2D eigenvalue weighted by Gasteiger charge is -2.07. The molecule has 4 aromatic rings. The van der Waals surface area contributed by atoms with Crippen LogP contribution in [0.2, 0.25) is 0 Å². The summed E-state index contributed by atoms with van der Waals surface area (Å²) >= 11 is 0. The first-order valence-corrected chi connectivity index (χ1v) is 11.1. The lowest BCUT2D eigenvalue weighted by Crippen LogP contribution is -2.12. The summed E-state index contributed by atoms with van der Waals surface area (Å²) in [4.78, 5) is 12.8. The zero-order valence-corrected chi connectivity index (χ0v) is 19.5. The minimum atomic E-state index is -0.311. The van der Waals surface area contributed by atoms with Crippen LogP contribution in [0.15, 0.2) is 65.1 Å². The molecule has 0 radical (unpaired) electrons. The van der Waals surface area contributed by atoms with E-state index in [-0.39, 0.29) is 18.3 Å². The van der Waals surface area contributed by atoms with Crippen molar-refractivity contribution in [1.82, 2.24) is 9.78 Å². The summed E-state index contributed by atoms with van der Waals surface area (Å²) in [6, 6.07) is 19.7. The van der Waals surface area contributed by atoms with Crippen molar-refractivity contribution in [3.8, 4) is 5.75 Å². The first-order chi connectivity index (χ1) is 15.9. The molecule has 2 aromatic carbocycles. The third-order valence-electron chi connectivity index (χ3n) is 5.67. The van der Waals surface area contributed by atoms with Gasteiger partial charge in [0, 0.05) is 0 Å². The summed E-state index contributed by atoms with van der Waals surface area (Å²) < 4.78 is 13.4. The zero-order chi connectivity index (χ0) is 23.4. The van der Waals surface area contributed by atoms with Crippen LogP contribution in [0.5, 0.6) is 5.75 Å². The number of aromatic nitrogens is 2. The van der Waals surface area contributed by atoms with Crippen LogP contribution >= 0.6 is 0 Å². The van der Waals surface area contributed by atoms with Crippen LogP contribution in [0.25, 0.3) is 0 Å². The Morgan fingerprint density at radius 2 is 1.67 bits per heavy atom. The monoisotopic (exact) mass is 443 g/mol. The topological polar surface area (TPSA) is 69.3 Å². The largest absolute Gasteiger partial charge is 0.486 e. The van der Waals surface area contributed by atoms with E-state index in [9.17, 15) is 4.79 Å². The van der Waals surface area contributed by atoms with Gasteiger partial charge in [-0.3, -0.25) is 9.48 Å². The molecule has 33 heavy (non-hydrogen) atoms. The third kappa shape index (κ3) is 5.34. The first kappa shape index (κ1) is 22.4. The van der Waals surface area contributed by atoms with Crippen molar-refractivity contribution in [2.24, 2.45) is 0 Å². The Hall–Kier alpha value is -3.80. The van der Waals surface area contributed by atoms with E-state index in [2.05, 4.69) is 48.5 Å². The number of amides is 1. The van der Waals surface area contributed by atoms with Gasteiger partial charge in [0.1, 0.15) is 18.1 Å². The van der Waals surface area contributed by atoms with Crippen LogP contribution < -0.4 is 10.1 Å². The van der Waals surface area contributed by atoms with Crippen LogP contribution in [0.1, 0.15) is 51.3 Å². The van der Waals surface area contributed by atoms with E-state index >= 15 is 0 Å². The van der Waals surface area contributed by atoms with Gasteiger partial charge < -0.3 is 14.5 Å². The fraction of sp³-hybridized carbons (Fsp3) is 0.259. The molecule has 170 valence electrons. The Bertz CT molecular complexity index is 1230. The van der Waals surface area contributed by atoms with Crippen molar-refractivity contribution in [2.45, 2.75) is 47.3 Å². The molecule has 1 amide bonds. The number of hydrogen-bond donors (Lipinski definition) is 1. The summed E-state index contributed by atoms with van der Waals surface area (Å²) in [5, 5.41) is 7.56. The van der Waals surface area contributed by atoms with Crippen molar-refractivity contribution < 1.29 is 13.9 Å². The molecule has 0 atom stereocenters. The minimum absolute atomic E-state index is 0.236. The Morgan fingerprint density at radius 3 is 2.36 bits per heavy atom. The normalized spacial score (nSPS) is 10.9. The molecular weight excluding hydrogens is 414 g/mol. The highest BCUT2D eigenvalue weighted by Crippen LogP contribution is 2.22. The molecule has 4 rings (SSSR count). The van der Waals surface area contributed by atoms with Crippen LogP contribution in [0.3, 0.4) is 0 Å². The summed E-state index contributed by atoms with van der Waals surface area (Å²) in [5.41, 5.74) is 6.00. The highest BCUT2D eigenvalue weighted by molar-refractivity contribution is 6.02. The molecule has 0 fully saturated rings. The maximum absolute atomic E-state index is 12.8. The van der Waals surface area contributed by atoms with E-state index in [4.69, 9.17) is 9.15 Å². The van der Waals surface area contributed by atoms with Gasteiger partial charge in [0.05, 0.1) is 23.6 Å². The Labute approximate surface area is 194 Å². The number of ether oxygens (including phenoxy) is 1. The van der Waals surface area contributed by atoms with E-state index in [1.165, 1.54) is 11.1 Å². The molecule has 2 heterocycles. The minimum Gasteiger partial charge on any atom is -0.486 e. The van der Waals surface area contributed by atoms with Crippen LogP contribution in [0, 0.1) is 20.8 Å². The molecule has 2 aromatic heterocycles. The van der Waals surface area contributed by atoms with Crippen LogP contribution in [0.4, 0.5) is 5.69 Å². The highest BCUT2D eigenvalue weighted by atomic mass is 16.5. The second-order valence-electron chi connectivity index (χ2n) is 8.20. The fourth-order valence-electron chi connectivity index (χ4n) is 3.63. The van der Waals surface area contributed by atoms with Gasteiger partial charge >= 0.3 is 0 Å². The number of carbonyl (C=O) groups excluding carboxylic acids is 1. The van der Waals surface area contributed by atoms with E-state index < -0.39 is 0 Å². The average molecular weight is 444 g/mol. The standard InChI is InChI=1S/C27H29N3O3/c1-5-21-10-12-23(13-11-21)32-17-24-14-15-25(33-24)27(31)28-26-19(3)29-30(20(26)4)16-22-8-6-18(2)7-9-22/h6-15H,5,16-17H2,1-4H3,(H,28,31). The van der Waals surface area contributed by atoms with Gasteiger partial charge in [0.2, 0.25) is 0 Å². The van der Waals surface area contributed by atoms with Gasteiger partial charge in [-0.1, -0.05) is 48.9 Å². The van der Waals surface area contributed by atoms with Gasteiger partial charge in [-0.2, -0.15) is 5.10 Å². The van der Waals surface area contributed by atoms with Gasteiger partial charge in [-0.25, -0.2) is 0 Å². The number of nitrogens with zero attached hydrogens (tertiary/aromatic N) is 2.